The second-order valence-electron chi connectivity index (χ2n) is 4.26. The van der Waals surface area contributed by atoms with Crippen LogP contribution in [-0.4, -0.2) is 33.6 Å². The number of aromatic amines is 1. The summed E-state index contributed by atoms with van der Waals surface area (Å²) in [6.07, 6.45) is 2.08. The maximum absolute atomic E-state index is 12.0. The van der Waals surface area contributed by atoms with Gasteiger partial charge in [0, 0.05) is 5.69 Å². The highest BCUT2D eigenvalue weighted by Gasteiger charge is 2.19. The molecule has 0 unspecified atom stereocenters. The Morgan fingerprint density at radius 2 is 2.05 bits per heavy atom. The number of carboxylic acid groups (broad SMARTS) is 1. The number of carbonyl (C=O) groups excluding carboxylic acids is 1. The van der Waals surface area contributed by atoms with Crippen molar-refractivity contribution in [2.75, 3.05) is 11.9 Å². The normalized spacial score (nSPS) is 10.1. The van der Waals surface area contributed by atoms with Crippen LogP contribution in [0, 0.1) is 0 Å². The number of hydrogen-bond donors (Lipinski definition) is 3. The number of amides is 1. The van der Waals surface area contributed by atoms with Crippen molar-refractivity contribution in [2.45, 2.75) is 13.3 Å². The first-order chi connectivity index (χ1) is 10.1. The fourth-order valence-electron chi connectivity index (χ4n) is 1.67. The smallest absolute Gasteiger partial charge is 0.354 e. The molecule has 2 rings (SSSR count). The molecule has 0 saturated heterocycles. The Morgan fingerprint density at radius 3 is 2.67 bits per heavy atom. The number of aromatic carboxylic acids is 1. The number of rotatable bonds is 6. The van der Waals surface area contributed by atoms with Gasteiger partial charge in [-0.3, -0.25) is 4.79 Å². The van der Waals surface area contributed by atoms with Crippen LogP contribution in [0.4, 0.5) is 5.69 Å². The first-order valence-corrected chi connectivity index (χ1v) is 6.42. The zero-order valence-corrected chi connectivity index (χ0v) is 11.4. The van der Waals surface area contributed by atoms with Crippen LogP contribution in [-0.2, 0) is 0 Å². The van der Waals surface area contributed by atoms with E-state index in [4.69, 9.17) is 9.84 Å². The SMILES string of the molecule is CCCOc1ccc(NC(=O)c2nc[nH]c2C(=O)O)cc1. The molecule has 1 aromatic heterocycles. The molecule has 110 valence electrons. The molecule has 0 aliphatic carbocycles. The summed E-state index contributed by atoms with van der Waals surface area (Å²) in [6.45, 7) is 2.64. The van der Waals surface area contributed by atoms with E-state index >= 15 is 0 Å². The summed E-state index contributed by atoms with van der Waals surface area (Å²) in [4.78, 5) is 29.0. The Kier molecular flexibility index (Phi) is 4.55. The van der Waals surface area contributed by atoms with E-state index in [1.54, 1.807) is 24.3 Å². The van der Waals surface area contributed by atoms with E-state index in [1.165, 1.54) is 6.33 Å². The van der Waals surface area contributed by atoms with Gasteiger partial charge in [0.2, 0.25) is 0 Å². The molecule has 21 heavy (non-hydrogen) atoms. The molecule has 1 aromatic carbocycles. The quantitative estimate of drug-likeness (QED) is 0.755. The maximum Gasteiger partial charge on any atom is 0.354 e. The molecule has 0 radical (unpaired) electrons. The molecule has 1 heterocycles. The van der Waals surface area contributed by atoms with Crippen LogP contribution in [0.15, 0.2) is 30.6 Å². The van der Waals surface area contributed by atoms with Gasteiger partial charge in [-0.2, -0.15) is 0 Å². The van der Waals surface area contributed by atoms with Crippen LogP contribution in [0.1, 0.15) is 34.3 Å². The van der Waals surface area contributed by atoms with E-state index in [0.29, 0.717) is 18.0 Å². The first-order valence-electron chi connectivity index (χ1n) is 6.42. The maximum atomic E-state index is 12.0. The lowest BCUT2D eigenvalue weighted by molar-refractivity contribution is 0.0686. The third-order valence-electron chi connectivity index (χ3n) is 2.65. The van der Waals surface area contributed by atoms with Gasteiger partial charge in [0.15, 0.2) is 11.4 Å². The number of aromatic nitrogens is 2. The van der Waals surface area contributed by atoms with Crippen molar-refractivity contribution in [3.05, 3.63) is 42.0 Å². The Hall–Kier alpha value is -2.83. The van der Waals surface area contributed by atoms with E-state index < -0.39 is 11.9 Å². The lowest BCUT2D eigenvalue weighted by Gasteiger charge is -2.07. The summed E-state index contributed by atoms with van der Waals surface area (Å²) >= 11 is 0. The van der Waals surface area contributed by atoms with Crippen molar-refractivity contribution in [2.24, 2.45) is 0 Å². The number of anilines is 1. The van der Waals surface area contributed by atoms with Crippen molar-refractivity contribution in [1.82, 2.24) is 9.97 Å². The molecule has 1 amide bonds. The Labute approximate surface area is 121 Å². The molecule has 0 spiro atoms. The number of carbonyl (C=O) groups is 2. The molecule has 0 fully saturated rings. The fraction of sp³-hybridized carbons (Fsp3) is 0.214. The summed E-state index contributed by atoms with van der Waals surface area (Å²) in [5.41, 5.74) is 0.132. The van der Waals surface area contributed by atoms with E-state index in [1.807, 2.05) is 6.92 Å². The largest absolute Gasteiger partial charge is 0.494 e. The average molecular weight is 289 g/mol. The van der Waals surface area contributed by atoms with Gasteiger partial charge in [-0.25, -0.2) is 9.78 Å². The fourth-order valence-corrected chi connectivity index (χ4v) is 1.67. The van der Waals surface area contributed by atoms with Gasteiger partial charge in [0.1, 0.15) is 5.75 Å². The number of H-pyrrole nitrogens is 1. The zero-order chi connectivity index (χ0) is 15.2. The number of carboxylic acids is 1. The van der Waals surface area contributed by atoms with Gasteiger partial charge >= 0.3 is 5.97 Å². The molecule has 0 aliphatic rings. The van der Waals surface area contributed by atoms with E-state index in [0.717, 1.165) is 6.42 Å². The molecule has 0 saturated carbocycles. The number of nitrogens with zero attached hydrogens (tertiary/aromatic N) is 1. The highest BCUT2D eigenvalue weighted by atomic mass is 16.5. The average Bonchev–Trinajstić information content (AvgIpc) is 2.96. The summed E-state index contributed by atoms with van der Waals surface area (Å²) in [6, 6.07) is 6.81. The Bertz CT molecular complexity index is 634. The van der Waals surface area contributed by atoms with Gasteiger partial charge in [0.25, 0.3) is 5.91 Å². The van der Waals surface area contributed by atoms with Crippen molar-refractivity contribution in [3.63, 3.8) is 0 Å². The van der Waals surface area contributed by atoms with Gasteiger partial charge < -0.3 is 20.1 Å². The Balaban J connectivity index is 2.05. The Morgan fingerprint density at radius 1 is 1.33 bits per heavy atom. The summed E-state index contributed by atoms with van der Waals surface area (Å²) in [5.74, 6) is -1.11. The standard InChI is InChI=1S/C14H15N3O4/c1-2-7-21-10-5-3-9(4-6-10)17-13(18)11-12(14(19)20)16-8-15-11/h3-6,8H,2,7H2,1H3,(H,15,16)(H,17,18)(H,19,20). The molecule has 2 aromatic rings. The van der Waals surface area contributed by atoms with Crippen LogP contribution in [0.5, 0.6) is 5.75 Å². The third kappa shape index (κ3) is 3.59. The minimum absolute atomic E-state index is 0.159. The van der Waals surface area contributed by atoms with Crippen molar-refractivity contribution < 1.29 is 19.4 Å². The van der Waals surface area contributed by atoms with E-state index in [-0.39, 0.29) is 11.4 Å². The van der Waals surface area contributed by atoms with Gasteiger partial charge in [0.05, 0.1) is 12.9 Å². The van der Waals surface area contributed by atoms with Crippen LogP contribution in [0.3, 0.4) is 0 Å². The molecular weight excluding hydrogens is 274 g/mol. The highest BCUT2D eigenvalue weighted by Crippen LogP contribution is 2.17. The minimum atomic E-state index is -1.24. The van der Waals surface area contributed by atoms with E-state index in [2.05, 4.69) is 15.3 Å². The zero-order valence-electron chi connectivity index (χ0n) is 11.4. The van der Waals surface area contributed by atoms with Gasteiger partial charge in [-0.05, 0) is 30.7 Å². The van der Waals surface area contributed by atoms with Crippen LogP contribution in [0.2, 0.25) is 0 Å². The number of benzene rings is 1. The van der Waals surface area contributed by atoms with Gasteiger partial charge in [-0.1, -0.05) is 6.92 Å². The number of nitrogens with one attached hydrogen (secondary N) is 2. The monoisotopic (exact) mass is 289 g/mol. The number of ether oxygens (including phenoxy) is 1. The molecule has 3 N–H and O–H groups in total. The lowest BCUT2D eigenvalue weighted by atomic mass is 10.2. The van der Waals surface area contributed by atoms with Crippen molar-refractivity contribution in [3.8, 4) is 5.75 Å². The second-order valence-corrected chi connectivity index (χ2v) is 4.26. The molecule has 7 nitrogen and oxygen atoms in total. The van der Waals surface area contributed by atoms with Gasteiger partial charge in [-0.15, -0.1) is 0 Å². The topological polar surface area (TPSA) is 104 Å². The first kappa shape index (κ1) is 14.6. The van der Waals surface area contributed by atoms with Crippen LogP contribution >= 0.6 is 0 Å². The summed E-state index contributed by atoms with van der Waals surface area (Å²) in [5, 5.41) is 11.5. The van der Waals surface area contributed by atoms with Crippen LogP contribution < -0.4 is 10.1 Å². The lowest BCUT2D eigenvalue weighted by Crippen LogP contribution is -2.16. The molecule has 0 aliphatic heterocycles. The molecule has 0 atom stereocenters. The second kappa shape index (κ2) is 6.56. The molecular formula is C14H15N3O4. The summed E-state index contributed by atoms with van der Waals surface area (Å²) < 4.78 is 5.43. The van der Waals surface area contributed by atoms with Crippen molar-refractivity contribution >= 4 is 17.6 Å². The van der Waals surface area contributed by atoms with E-state index in [9.17, 15) is 9.59 Å². The molecule has 0 bridgehead atoms. The van der Waals surface area contributed by atoms with Crippen molar-refractivity contribution in [1.29, 1.82) is 0 Å². The predicted octanol–water partition coefficient (Wildman–Crippen LogP) is 2.15. The highest BCUT2D eigenvalue weighted by molar-refractivity contribution is 6.08. The predicted molar refractivity (Wildman–Crippen MR) is 75.7 cm³/mol. The third-order valence-corrected chi connectivity index (χ3v) is 2.65. The summed E-state index contributed by atoms with van der Waals surface area (Å²) in [7, 11) is 0. The molecule has 7 heteroatoms. The minimum Gasteiger partial charge on any atom is -0.494 e. The van der Waals surface area contributed by atoms with Crippen LogP contribution in [0.25, 0.3) is 0 Å². The number of hydrogen-bond acceptors (Lipinski definition) is 4. The number of imidazole rings is 1.